The lowest BCUT2D eigenvalue weighted by atomic mass is 10.1. The second-order valence-electron chi connectivity index (χ2n) is 5.85. The predicted octanol–water partition coefficient (Wildman–Crippen LogP) is 2.05. The predicted molar refractivity (Wildman–Crippen MR) is 84.2 cm³/mol. The highest BCUT2D eigenvalue weighted by atomic mass is 16.6. The van der Waals surface area contributed by atoms with E-state index in [0.717, 1.165) is 0 Å². The Morgan fingerprint density at radius 1 is 1.22 bits per heavy atom. The summed E-state index contributed by atoms with van der Waals surface area (Å²) in [5.74, 6) is -1.14. The molecule has 0 aliphatic heterocycles. The molecule has 0 aromatic rings. The monoisotopic (exact) mass is 330 g/mol. The number of alkyl carbamates (subject to hydrolysis) is 2. The minimum atomic E-state index is -1.14. The molecule has 0 saturated heterocycles. The van der Waals surface area contributed by atoms with Crippen molar-refractivity contribution in [2.45, 2.75) is 51.7 Å². The number of nitrogens with one attached hydrogen (secondary N) is 2. The van der Waals surface area contributed by atoms with Crippen molar-refractivity contribution in [3.63, 3.8) is 0 Å². The summed E-state index contributed by atoms with van der Waals surface area (Å²) in [6.45, 7) is 9.06. The highest BCUT2D eigenvalue weighted by Crippen LogP contribution is 2.07. The van der Waals surface area contributed by atoms with Gasteiger partial charge in [-0.1, -0.05) is 12.7 Å². The number of ether oxygens (including phenoxy) is 2. The van der Waals surface area contributed by atoms with Gasteiger partial charge in [-0.15, -0.1) is 0 Å². The summed E-state index contributed by atoms with van der Waals surface area (Å²) in [6, 6.07) is -1.03. The fraction of sp³-hybridized carbons (Fsp3) is 0.667. The average Bonchev–Trinajstić information content (AvgIpc) is 2.41. The first-order chi connectivity index (χ1) is 10.7. The number of carbonyl (C=O) groups is 3. The summed E-state index contributed by atoms with van der Waals surface area (Å²) < 4.78 is 9.74. The van der Waals surface area contributed by atoms with Gasteiger partial charge in [0.15, 0.2) is 0 Å². The van der Waals surface area contributed by atoms with Gasteiger partial charge in [0.25, 0.3) is 0 Å². The van der Waals surface area contributed by atoms with Crippen LogP contribution < -0.4 is 10.6 Å². The minimum absolute atomic E-state index is 0.0119. The number of unbranched alkanes of at least 4 members (excludes halogenated alkanes) is 1. The molecule has 132 valence electrons. The van der Waals surface area contributed by atoms with Crippen LogP contribution in [0.2, 0.25) is 0 Å². The zero-order chi connectivity index (χ0) is 17.9. The Bertz CT molecular complexity index is 417. The number of carboxylic acids is 1. The molecule has 3 N–H and O–H groups in total. The van der Waals surface area contributed by atoms with Crippen LogP contribution in [-0.4, -0.2) is 48.1 Å². The van der Waals surface area contributed by atoms with Crippen molar-refractivity contribution >= 4 is 18.2 Å². The zero-order valence-corrected chi connectivity index (χ0v) is 13.9. The van der Waals surface area contributed by atoms with Crippen LogP contribution in [0.3, 0.4) is 0 Å². The lowest BCUT2D eigenvalue weighted by Gasteiger charge is -2.19. The van der Waals surface area contributed by atoms with E-state index in [4.69, 9.17) is 9.84 Å². The number of aliphatic carboxylic acids is 1. The third-order valence-electron chi connectivity index (χ3n) is 2.51. The third kappa shape index (κ3) is 12.0. The highest BCUT2D eigenvalue weighted by Gasteiger charge is 2.20. The fourth-order valence-corrected chi connectivity index (χ4v) is 1.55. The van der Waals surface area contributed by atoms with E-state index in [1.807, 2.05) is 0 Å². The summed E-state index contributed by atoms with van der Waals surface area (Å²) in [4.78, 5) is 33.8. The maximum Gasteiger partial charge on any atom is 0.408 e. The van der Waals surface area contributed by atoms with Crippen molar-refractivity contribution in [2.24, 2.45) is 0 Å². The van der Waals surface area contributed by atoms with Crippen LogP contribution in [0.25, 0.3) is 0 Å². The van der Waals surface area contributed by atoms with E-state index in [1.165, 1.54) is 6.08 Å². The standard InChI is InChI=1S/C15H26N2O6/c1-5-10-22-14(21)17-11(12(18)19)8-6-7-9-16-13(20)23-15(2,3)4/h5,11H,1,6-10H2,2-4H3,(H,16,20)(H,17,21)(H,18,19)/t11-/m1/s1. The quantitative estimate of drug-likeness (QED) is 0.440. The fourth-order valence-electron chi connectivity index (χ4n) is 1.55. The highest BCUT2D eigenvalue weighted by molar-refractivity contribution is 5.79. The first-order valence-corrected chi connectivity index (χ1v) is 7.39. The molecular weight excluding hydrogens is 304 g/mol. The Kier molecular flexibility index (Phi) is 9.45. The van der Waals surface area contributed by atoms with Crippen molar-refractivity contribution in [1.29, 1.82) is 0 Å². The average molecular weight is 330 g/mol. The lowest BCUT2D eigenvalue weighted by molar-refractivity contribution is -0.139. The Balaban J connectivity index is 3.97. The molecule has 0 rings (SSSR count). The molecule has 8 heteroatoms. The van der Waals surface area contributed by atoms with Crippen LogP contribution in [-0.2, 0) is 14.3 Å². The summed E-state index contributed by atoms with van der Waals surface area (Å²) >= 11 is 0. The van der Waals surface area contributed by atoms with Gasteiger partial charge in [-0.3, -0.25) is 0 Å². The molecule has 0 spiro atoms. The second-order valence-corrected chi connectivity index (χ2v) is 5.85. The van der Waals surface area contributed by atoms with Gasteiger partial charge < -0.3 is 25.2 Å². The van der Waals surface area contributed by atoms with E-state index in [2.05, 4.69) is 21.9 Å². The molecule has 8 nitrogen and oxygen atoms in total. The second kappa shape index (κ2) is 10.5. The lowest BCUT2D eigenvalue weighted by Crippen LogP contribution is -2.41. The molecule has 0 radical (unpaired) electrons. The van der Waals surface area contributed by atoms with Gasteiger partial charge in [0, 0.05) is 6.54 Å². The third-order valence-corrected chi connectivity index (χ3v) is 2.51. The van der Waals surface area contributed by atoms with Crippen molar-refractivity contribution in [3.8, 4) is 0 Å². The maximum atomic E-state index is 11.4. The number of hydrogen-bond donors (Lipinski definition) is 3. The Morgan fingerprint density at radius 2 is 1.87 bits per heavy atom. The minimum Gasteiger partial charge on any atom is -0.480 e. The van der Waals surface area contributed by atoms with E-state index in [9.17, 15) is 14.4 Å². The van der Waals surface area contributed by atoms with Crippen LogP contribution in [0.4, 0.5) is 9.59 Å². The van der Waals surface area contributed by atoms with Crippen molar-refractivity contribution in [2.75, 3.05) is 13.2 Å². The van der Waals surface area contributed by atoms with E-state index in [-0.39, 0.29) is 13.0 Å². The largest absolute Gasteiger partial charge is 0.480 e. The molecule has 0 aliphatic carbocycles. The van der Waals surface area contributed by atoms with Gasteiger partial charge >= 0.3 is 18.2 Å². The molecular formula is C15H26N2O6. The number of carboxylic acid groups (broad SMARTS) is 1. The SMILES string of the molecule is C=CCOC(=O)N[C@H](CCCCNC(=O)OC(C)(C)C)C(=O)O. The summed E-state index contributed by atoms with van der Waals surface area (Å²) in [5.41, 5.74) is -0.561. The Morgan fingerprint density at radius 3 is 2.39 bits per heavy atom. The molecule has 2 amide bonds. The molecule has 0 unspecified atom stereocenters. The molecule has 0 saturated carbocycles. The van der Waals surface area contributed by atoms with Gasteiger partial charge in [-0.2, -0.15) is 0 Å². The molecule has 0 aromatic heterocycles. The Labute approximate surface area is 136 Å². The van der Waals surface area contributed by atoms with Gasteiger partial charge in [0.2, 0.25) is 0 Å². The van der Waals surface area contributed by atoms with Crippen LogP contribution in [0.5, 0.6) is 0 Å². The Hall–Kier alpha value is -2.25. The number of amides is 2. The van der Waals surface area contributed by atoms with E-state index >= 15 is 0 Å². The molecule has 23 heavy (non-hydrogen) atoms. The van der Waals surface area contributed by atoms with E-state index < -0.39 is 29.8 Å². The van der Waals surface area contributed by atoms with Crippen LogP contribution >= 0.6 is 0 Å². The first-order valence-electron chi connectivity index (χ1n) is 7.39. The van der Waals surface area contributed by atoms with Crippen molar-refractivity contribution in [1.82, 2.24) is 10.6 Å². The van der Waals surface area contributed by atoms with Gasteiger partial charge in [0.05, 0.1) is 0 Å². The van der Waals surface area contributed by atoms with E-state index in [0.29, 0.717) is 19.4 Å². The molecule has 1 atom stereocenters. The number of carbonyl (C=O) groups excluding carboxylic acids is 2. The van der Waals surface area contributed by atoms with Gasteiger partial charge in [0.1, 0.15) is 18.2 Å². The smallest absolute Gasteiger partial charge is 0.408 e. The number of rotatable bonds is 9. The van der Waals surface area contributed by atoms with Gasteiger partial charge in [-0.05, 0) is 40.0 Å². The topological polar surface area (TPSA) is 114 Å². The summed E-state index contributed by atoms with van der Waals surface area (Å²) in [7, 11) is 0. The molecule has 0 heterocycles. The zero-order valence-electron chi connectivity index (χ0n) is 13.9. The van der Waals surface area contributed by atoms with Crippen LogP contribution in [0.15, 0.2) is 12.7 Å². The maximum absolute atomic E-state index is 11.4. The van der Waals surface area contributed by atoms with Crippen molar-refractivity contribution < 1.29 is 29.0 Å². The van der Waals surface area contributed by atoms with Gasteiger partial charge in [-0.25, -0.2) is 14.4 Å². The van der Waals surface area contributed by atoms with Crippen LogP contribution in [0.1, 0.15) is 40.0 Å². The number of hydrogen-bond acceptors (Lipinski definition) is 5. The summed E-state index contributed by atoms with van der Waals surface area (Å²) in [5, 5.41) is 13.9. The molecule has 0 aromatic carbocycles. The van der Waals surface area contributed by atoms with Crippen LogP contribution in [0, 0.1) is 0 Å². The molecule has 0 fully saturated rings. The molecule has 0 aliphatic rings. The first kappa shape index (κ1) is 20.8. The summed E-state index contributed by atoms with van der Waals surface area (Å²) in [6.07, 6.45) is 1.37. The molecule has 0 bridgehead atoms. The normalized spacial score (nSPS) is 12.0. The van der Waals surface area contributed by atoms with Crippen molar-refractivity contribution in [3.05, 3.63) is 12.7 Å². The van der Waals surface area contributed by atoms with E-state index in [1.54, 1.807) is 20.8 Å².